The molecule has 0 spiro atoms. The average molecular weight is 413 g/mol. The molecule has 0 aliphatic carbocycles. The van der Waals surface area contributed by atoms with E-state index in [2.05, 4.69) is 14.6 Å². The summed E-state index contributed by atoms with van der Waals surface area (Å²) in [6.07, 6.45) is -1.02. The highest BCUT2D eigenvalue weighted by Gasteiger charge is 2.24. The summed E-state index contributed by atoms with van der Waals surface area (Å²) in [6.45, 7) is -1.72. The first-order valence-electron chi connectivity index (χ1n) is 7.06. The van der Waals surface area contributed by atoms with Crippen molar-refractivity contribution in [2.45, 2.75) is 19.6 Å². The van der Waals surface area contributed by atoms with Gasteiger partial charge in [-0.1, -0.05) is 23.2 Å². The van der Waals surface area contributed by atoms with Crippen LogP contribution in [0.1, 0.15) is 6.92 Å². The van der Waals surface area contributed by atoms with Crippen molar-refractivity contribution in [3.8, 4) is 22.9 Å². The molecule has 11 heteroatoms. The van der Waals surface area contributed by atoms with Crippen LogP contribution >= 0.6 is 23.2 Å². The Kier molecular flexibility index (Phi) is 6.25. The van der Waals surface area contributed by atoms with Crippen molar-refractivity contribution in [2.24, 2.45) is 7.05 Å². The topological polar surface area (TPSA) is 62.6 Å². The highest BCUT2D eigenvalue weighted by Crippen LogP contribution is 2.40. The van der Waals surface area contributed by atoms with E-state index in [-0.39, 0.29) is 27.1 Å². The molecule has 2 rings (SSSR count). The van der Waals surface area contributed by atoms with E-state index in [1.807, 2.05) is 0 Å². The number of ether oxygens (including phenoxy) is 3. The molecule has 1 aromatic carbocycles. The van der Waals surface area contributed by atoms with Crippen LogP contribution in [0.5, 0.6) is 11.6 Å². The number of benzene rings is 1. The average Bonchev–Trinajstić information content (AvgIpc) is 2.84. The first-order chi connectivity index (χ1) is 12.1. The minimum absolute atomic E-state index is 0.0426. The number of aromatic nitrogens is 2. The number of esters is 1. The lowest BCUT2D eigenvalue weighted by Gasteiger charge is -2.14. The number of aryl methyl sites for hydroxylation is 1. The molecule has 0 N–H and O–H groups in total. The van der Waals surface area contributed by atoms with Crippen LogP contribution in [0, 0.1) is 5.82 Å². The molecule has 1 unspecified atom stereocenters. The molecule has 0 aliphatic heterocycles. The van der Waals surface area contributed by atoms with E-state index in [4.69, 9.17) is 27.9 Å². The number of alkyl halides is 2. The zero-order chi connectivity index (χ0) is 19.6. The fraction of sp³-hybridized carbons (Fsp3) is 0.333. The third-order valence-corrected chi connectivity index (χ3v) is 3.89. The molecule has 1 aromatic heterocycles. The second kappa shape index (κ2) is 8.05. The van der Waals surface area contributed by atoms with Gasteiger partial charge in [-0.15, -0.1) is 0 Å². The summed E-state index contributed by atoms with van der Waals surface area (Å²) in [6, 6.07) is 2.08. The molecule has 1 atom stereocenters. The van der Waals surface area contributed by atoms with E-state index < -0.39 is 30.4 Å². The Hall–Kier alpha value is -2.13. The highest BCUT2D eigenvalue weighted by molar-refractivity contribution is 6.34. The molecular weight excluding hydrogens is 400 g/mol. The number of halogens is 5. The van der Waals surface area contributed by atoms with E-state index in [1.54, 1.807) is 0 Å². The fourth-order valence-corrected chi connectivity index (χ4v) is 2.57. The van der Waals surface area contributed by atoms with E-state index in [1.165, 1.54) is 21.1 Å². The van der Waals surface area contributed by atoms with Crippen LogP contribution in [-0.4, -0.2) is 35.6 Å². The van der Waals surface area contributed by atoms with Gasteiger partial charge in [-0.25, -0.2) is 13.9 Å². The van der Waals surface area contributed by atoms with Crippen LogP contribution in [0.2, 0.25) is 10.0 Å². The summed E-state index contributed by atoms with van der Waals surface area (Å²) in [4.78, 5) is 11.5. The second-order valence-electron chi connectivity index (χ2n) is 5.02. The third kappa shape index (κ3) is 4.16. The number of carbonyl (C=O) groups excluding carboxylic acids is 1. The predicted molar refractivity (Wildman–Crippen MR) is 87.4 cm³/mol. The van der Waals surface area contributed by atoms with Crippen LogP contribution in [0.25, 0.3) is 11.3 Å². The van der Waals surface area contributed by atoms with Gasteiger partial charge in [-0.3, -0.25) is 0 Å². The monoisotopic (exact) mass is 412 g/mol. The van der Waals surface area contributed by atoms with Crippen LogP contribution in [-0.2, 0) is 16.6 Å². The molecule has 0 radical (unpaired) electrons. The largest absolute Gasteiger partial charge is 0.477 e. The quantitative estimate of drug-likeness (QED) is 0.669. The van der Waals surface area contributed by atoms with Crippen LogP contribution in [0.15, 0.2) is 12.1 Å². The molecule has 142 valence electrons. The number of methoxy groups -OCH3 is 1. The Balaban J connectivity index is 2.48. The predicted octanol–water partition coefficient (Wildman–Crippen LogP) is 4.07. The van der Waals surface area contributed by atoms with Crippen molar-refractivity contribution in [2.75, 3.05) is 7.11 Å². The number of carbonyl (C=O) groups is 1. The summed E-state index contributed by atoms with van der Waals surface area (Å²) < 4.78 is 54.4. The van der Waals surface area contributed by atoms with Gasteiger partial charge in [0.25, 0.3) is 0 Å². The molecule has 26 heavy (non-hydrogen) atoms. The standard InChI is InChI=1S/C15H13Cl2F3N2O4/c1-6(14(23)24-3)25-10-4-7(9(18)5-8(10)16)12-11(17)13(22(2)21-12)26-15(19)20/h4-6,15H,1-3H3. The zero-order valence-corrected chi connectivity index (χ0v) is 15.2. The molecule has 0 amide bonds. The van der Waals surface area contributed by atoms with Crippen LogP contribution < -0.4 is 9.47 Å². The maximum absolute atomic E-state index is 14.3. The lowest BCUT2D eigenvalue weighted by atomic mass is 10.1. The molecular formula is C15H13Cl2F3N2O4. The van der Waals surface area contributed by atoms with Gasteiger partial charge in [0.2, 0.25) is 5.88 Å². The number of hydrogen-bond acceptors (Lipinski definition) is 5. The Morgan fingerprint density at radius 3 is 2.50 bits per heavy atom. The van der Waals surface area contributed by atoms with Gasteiger partial charge in [0, 0.05) is 12.6 Å². The summed E-state index contributed by atoms with van der Waals surface area (Å²) in [5, 5.41) is 3.46. The SMILES string of the molecule is COC(=O)C(C)Oc1cc(-c2nn(C)c(OC(F)F)c2Cl)c(F)cc1Cl. The Morgan fingerprint density at radius 1 is 1.27 bits per heavy atom. The first-order valence-corrected chi connectivity index (χ1v) is 7.82. The number of rotatable bonds is 6. The summed E-state index contributed by atoms with van der Waals surface area (Å²) in [5.41, 5.74) is -0.333. The van der Waals surface area contributed by atoms with Gasteiger partial charge in [0.05, 0.1) is 12.1 Å². The van der Waals surface area contributed by atoms with Crippen molar-refractivity contribution < 1.29 is 32.2 Å². The van der Waals surface area contributed by atoms with Gasteiger partial charge in [0.1, 0.15) is 22.3 Å². The Morgan fingerprint density at radius 2 is 1.92 bits per heavy atom. The maximum Gasteiger partial charge on any atom is 0.388 e. The molecule has 0 aliphatic rings. The van der Waals surface area contributed by atoms with Crippen molar-refractivity contribution in [3.05, 3.63) is 28.0 Å². The zero-order valence-electron chi connectivity index (χ0n) is 13.7. The maximum atomic E-state index is 14.3. The molecule has 0 bridgehead atoms. The molecule has 2 aromatic rings. The third-order valence-electron chi connectivity index (χ3n) is 3.25. The fourth-order valence-electron chi connectivity index (χ4n) is 2.07. The van der Waals surface area contributed by atoms with Crippen molar-refractivity contribution in [1.29, 1.82) is 0 Å². The summed E-state index contributed by atoms with van der Waals surface area (Å²) >= 11 is 11.9. The smallest absolute Gasteiger partial charge is 0.388 e. The van der Waals surface area contributed by atoms with Crippen molar-refractivity contribution >= 4 is 29.2 Å². The Labute approximate surface area is 156 Å². The first kappa shape index (κ1) is 20.2. The summed E-state index contributed by atoms with van der Waals surface area (Å²) in [7, 11) is 2.48. The highest BCUT2D eigenvalue weighted by atomic mass is 35.5. The van der Waals surface area contributed by atoms with Gasteiger partial charge >= 0.3 is 12.6 Å². The Bertz CT molecular complexity index is 830. The van der Waals surface area contributed by atoms with E-state index in [0.717, 1.165) is 16.8 Å². The molecule has 0 saturated heterocycles. The molecule has 1 heterocycles. The molecule has 0 fully saturated rings. The van der Waals surface area contributed by atoms with Crippen LogP contribution in [0.3, 0.4) is 0 Å². The molecule has 6 nitrogen and oxygen atoms in total. The van der Waals surface area contributed by atoms with Gasteiger partial charge < -0.3 is 14.2 Å². The normalized spacial score (nSPS) is 12.2. The van der Waals surface area contributed by atoms with E-state index >= 15 is 0 Å². The van der Waals surface area contributed by atoms with Gasteiger partial charge in [-0.2, -0.15) is 13.9 Å². The van der Waals surface area contributed by atoms with Crippen molar-refractivity contribution in [3.63, 3.8) is 0 Å². The minimum atomic E-state index is -3.13. The minimum Gasteiger partial charge on any atom is -0.477 e. The van der Waals surface area contributed by atoms with Gasteiger partial charge in [0.15, 0.2) is 6.10 Å². The van der Waals surface area contributed by atoms with E-state index in [9.17, 15) is 18.0 Å². The lowest BCUT2D eigenvalue weighted by molar-refractivity contribution is -0.147. The second-order valence-corrected chi connectivity index (χ2v) is 5.80. The molecule has 0 saturated carbocycles. The number of nitrogens with zero attached hydrogens (tertiary/aromatic N) is 2. The van der Waals surface area contributed by atoms with E-state index in [0.29, 0.717) is 0 Å². The van der Waals surface area contributed by atoms with Crippen molar-refractivity contribution in [1.82, 2.24) is 9.78 Å². The van der Waals surface area contributed by atoms with Crippen LogP contribution in [0.4, 0.5) is 13.2 Å². The van der Waals surface area contributed by atoms with Gasteiger partial charge in [-0.05, 0) is 19.1 Å². The number of hydrogen-bond donors (Lipinski definition) is 0. The summed E-state index contributed by atoms with van der Waals surface area (Å²) in [5.74, 6) is -1.97. The lowest BCUT2D eigenvalue weighted by Crippen LogP contribution is -2.25.